The van der Waals surface area contributed by atoms with Gasteiger partial charge in [0.15, 0.2) is 0 Å². The lowest BCUT2D eigenvalue weighted by molar-refractivity contribution is 0.300. The smallest absolute Gasteiger partial charge is 0.250 e. The van der Waals surface area contributed by atoms with E-state index in [1.54, 1.807) is 24.4 Å². The fourth-order valence-electron chi connectivity index (χ4n) is 4.15. The van der Waals surface area contributed by atoms with Crippen molar-refractivity contribution in [2.45, 2.75) is 32.3 Å². The molecule has 5 rings (SSSR count). The Morgan fingerprint density at radius 1 is 0.882 bits per heavy atom. The molecule has 2 aliphatic rings. The highest BCUT2D eigenvalue weighted by atomic mass is 19.1. The number of nitrogens with one attached hydrogen (secondary N) is 1. The van der Waals surface area contributed by atoms with Gasteiger partial charge in [0.2, 0.25) is 17.8 Å². The van der Waals surface area contributed by atoms with Crippen molar-refractivity contribution in [3.63, 3.8) is 0 Å². The van der Waals surface area contributed by atoms with Gasteiger partial charge >= 0.3 is 0 Å². The van der Waals surface area contributed by atoms with Crippen LogP contribution in [0.3, 0.4) is 0 Å². The van der Waals surface area contributed by atoms with Gasteiger partial charge in [-0.3, -0.25) is 0 Å². The minimum atomic E-state index is -0.275. The predicted octanol–water partition coefficient (Wildman–Crippen LogP) is 4.24. The van der Waals surface area contributed by atoms with Gasteiger partial charge in [-0.05, 0) is 49.4 Å². The molecule has 0 bridgehead atoms. The highest BCUT2D eigenvalue weighted by Crippen LogP contribution is 2.23. The van der Waals surface area contributed by atoms with E-state index in [1.807, 2.05) is 24.3 Å². The van der Waals surface area contributed by atoms with Crippen molar-refractivity contribution in [1.82, 2.24) is 15.0 Å². The summed E-state index contributed by atoms with van der Waals surface area (Å²) < 4.78 is 19.6. The molecule has 3 heterocycles. The Labute approximate surface area is 198 Å². The van der Waals surface area contributed by atoms with Crippen LogP contribution >= 0.6 is 0 Å². The summed E-state index contributed by atoms with van der Waals surface area (Å²) in [7, 11) is 0. The standard InChI is InChI=1S/C25H28FN7O/c26-22-11-2-1-9-20(22)18-34-21-10-7-8-19(16-21)17-27-31-23-28-24(32-12-3-4-13-32)30-25(29-23)33-14-5-6-15-33/h1-2,7-11,16-17H,3-6,12-15,18H2,(H,28,29,30,31)/b27-17-. The van der Waals surface area contributed by atoms with Gasteiger partial charge in [-0.25, -0.2) is 9.82 Å². The molecule has 176 valence electrons. The molecule has 2 saturated heterocycles. The number of hydrogen-bond donors (Lipinski definition) is 1. The number of benzene rings is 2. The maximum Gasteiger partial charge on any atom is 0.250 e. The first-order chi connectivity index (χ1) is 16.7. The Hall–Kier alpha value is -3.75. The largest absolute Gasteiger partial charge is 0.489 e. The Balaban J connectivity index is 1.27. The Bertz CT molecular complexity index is 1110. The van der Waals surface area contributed by atoms with E-state index in [2.05, 4.69) is 30.3 Å². The van der Waals surface area contributed by atoms with Crippen molar-refractivity contribution in [2.24, 2.45) is 5.10 Å². The fourth-order valence-corrected chi connectivity index (χ4v) is 4.15. The minimum absolute atomic E-state index is 0.162. The number of nitrogens with zero attached hydrogens (tertiary/aromatic N) is 6. The molecule has 1 N–H and O–H groups in total. The average molecular weight is 462 g/mol. The Morgan fingerprint density at radius 2 is 1.56 bits per heavy atom. The van der Waals surface area contributed by atoms with Gasteiger partial charge < -0.3 is 14.5 Å². The number of hydrazone groups is 1. The van der Waals surface area contributed by atoms with E-state index in [4.69, 9.17) is 9.72 Å². The first-order valence-corrected chi connectivity index (χ1v) is 11.8. The molecule has 2 fully saturated rings. The summed E-state index contributed by atoms with van der Waals surface area (Å²) in [6, 6.07) is 14.1. The van der Waals surface area contributed by atoms with Crippen molar-refractivity contribution in [2.75, 3.05) is 41.4 Å². The topological polar surface area (TPSA) is 78.8 Å². The van der Waals surface area contributed by atoms with E-state index in [9.17, 15) is 4.39 Å². The van der Waals surface area contributed by atoms with Crippen LogP contribution < -0.4 is 20.0 Å². The van der Waals surface area contributed by atoms with Crippen LogP contribution in [0.25, 0.3) is 0 Å². The molecule has 2 aliphatic heterocycles. The summed E-state index contributed by atoms with van der Waals surface area (Å²) >= 11 is 0. The maximum atomic E-state index is 13.8. The molecular weight excluding hydrogens is 433 g/mol. The molecule has 0 aliphatic carbocycles. The molecular formula is C25H28FN7O. The lowest BCUT2D eigenvalue weighted by atomic mass is 10.2. The second kappa shape index (κ2) is 10.5. The van der Waals surface area contributed by atoms with E-state index >= 15 is 0 Å². The number of hydrogen-bond acceptors (Lipinski definition) is 8. The number of aromatic nitrogens is 3. The second-order valence-electron chi connectivity index (χ2n) is 8.47. The van der Waals surface area contributed by atoms with Crippen molar-refractivity contribution < 1.29 is 9.13 Å². The first kappa shape index (κ1) is 22.1. The molecule has 0 spiro atoms. The van der Waals surface area contributed by atoms with E-state index in [1.165, 1.54) is 6.07 Å². The van der Waals surface area contributed by atoms with Crippen molar-refractivity contribution >= 4 is 24.1 Å². The zero-order valence-electron chi connectivity index (χ0n) is 19.0. The average Bonchev–Trinajstić information content (AvgIpc) is 3.59. The molecule has 9 heteroatoms. The molecule has 0 atom stereocenters. The molecule has 0 saturated carbocycles. The van der Waals surface area contributed by atoms with Gasteiger partial charge in [0.05, 0.1) is 6.21 Å². The number of halogens is 1. The Kier molecular flexibility index (Phi) is 6.78. The van der Waals surface area contributed by atoms with Crippen LogP contribution in [0.2, 0.25) is 0 Å². The lowest BCUT2D eigenvalue weighted by Gasteiger charge is -2.20. The number of ether oxygens (including phenoxy) is 1. The van der Waals surface area contributed by atoms with Crippen LogP contribution in [0.4, 0.5) is 22.2 Å². The quantitative estimate of drug-likeness (QED) is 0.397. The van der Waals surface area contributed by atoms with E-state index < -0.39 is 0 Å². The Morgan fingerprint density at radius 3 is 2.24 bits per heavy atom. The lowest BCUT2D eigenvalue weighted by Crippen LogP contribution is -2.25. The normalized spacial score (nSPS) is 15.9. The summed E-state index contributed by atoms with van der Waals surface area (Å²) in [5.41, 5.74) is 4.32. The van der Waals surface area contributed by atoms with Gasteiger partial charge in [0.25, 0.3) is 0 Å². The zero-order valence-corrected chi connectivity index (χ0v) is 19.0. The van der Waals surface area contributed by atoms with E-state index in [0.717, 1.165) is 57.4 Å². The van der Waals surface area contributed by atoms with Crippen molar-refractivity contribution in [3.05, 3.63) is 65.5 Å². The third kappa shape index (κ3) is 5.41. The van der Waals surface area contributed by atoms with Crippen LogP contribution in [0.15, 0.2) is 53.6 Å². The SMILES string of the molecule is Fc1ccccc1COc1cccc(/C=N\Nc2nc(N3CCCC3)nc(N3CCCC3)n2)c1. The summed E-state index contributed by atoms with van der Waals surface area (Å²) in [5, 5.41) is 4.34. The summed E-state index contributed by atoms with van der Waals surface area (Å²) in [6.45, 7) is 4.02. The molecule has 8 nitrogen and oxygen atoms in total. The molecule has 3 aromatic rings. The van der Waals surface area contributed by atoms with Crippen LogP contribution in [-0.4, -0.2) is 47.3 Å². The van der Waals surface area contributed by atoms with Crippen LogP contribution in [0.1, 0.15) is 36.8 Å². The third-order valence-electron chi connectivity index (χ3n) is 5.98. The molecule has 0 radical (unpaired) electrons. The number of anilines is 3. The highest BCUT2D eigenvalue weighted by molar-refractivity contribution is 5.80. The van der Waals surface area contributed by atoms with Gasteiger partial charge in [0, 0.05) is 31.7 Å². The maximum absolute atomic E-state index is 13.8. The van der Waals surface area contributed by atoms with Crippen molar-refractivity contribution in [1.29, 1.82) is 0 Å². The van der Waals surface area contributed by atoms with Gasteiger partial charge in [-0.1, -0.05) is 30.3 Å². The molecule has 0 amide bonds. The third-order valence-corrected chi connectivity index (χ3v) is 5.98. The monoisotopic (exact) mass is 461 g/mol. The van der Waals surface area contributed by atoms with E-state index in [-0.39, 0.29) is 12.4 Å². The zero-order chi connectivity index (χ0) is 23.2. The molecule has 2 aromatic carbocycles. The van der Waals surface area contributed by atoms with Gasteiger partial charge in [-0.2, -0.15) is 20.1 Å². The van der Waals surface area contributed by atoms with Gasteiger partial charge in [0.1, 0.15) is 18.2 Å². The molecule has 0 unspecified atom stereocenters. The highest BCUT2D eigenvalue weighted by Gasteiger charge is 2.21. The predicted molar refractivity (Wildman–Crippen MR) is 131 cm³/mol. The summed E-state index contributed by atoms with van der Waals surface area (Å²) in [5.74, 6) is 2.21. The van der Waals surface area contributed by atoms with E-state index in [0.29, 0.717) is 29.2 Å². The van der Waals surface area contributed by atoms with Crippen LogP contribution in [-0.2, 0) is 6.61 Å². The van der Waals surface area contributed by atoms with Gasteiger partial charge in [-0.15, -0.1) is 0 Å². The number of rotatable bonds is 8. The van der Waals surface area contributed by atoms with Crippen LogP contribution in [0, 0.1) is 5.82 Å². The van der Waals surface area contributed by atoms with Crippen LogP contribution in [0.5, 0.6) is 5.75 Å². The first-order valence-electron chi connectivity index (χ1n) is 11.8. The summed E-state index contributed by atoms with van der Waals surface area (Å²) in [6.07, 6.45) is 6.30. The second-order valence-corrected chi connectivity index (χ2v) is 8.47. The van der Waals surface area contributed by atoms with Crippen molar-refractivity contribution in [3.8, 4) is 5.75 Å². The summed E-state index contributed by atoms with van der Waals surface area (Å²) in [4.78, 5) is 18.3. The molecule has 34 heavy (non-hydrogen) atoms. The minimum Gasteiger partial charge on any atom is -0.489 e. The fraction of sp³-hybridized carbons (Fsp3) is 0.360. The molecule has 1 aromatic heterocycles.